The van der Waals surface area contributed by atoms with E-state index < -0.39 is 11.5 Å². The summed E-state index contributed by atoms with van der Waals surface area (Å²) in [5.74, 6) is 0.167. The lowest BCUT2D eigenvalue weighted by Crippen LogP contribution is -2.50. The Morgan fingerprint density at radius 2 is 1.93 bits per heavy atom. The van der Waals surface area contributed by atoms with Crippen LogP contribution in [0, 0.1) is 0 Å². The van der Waals surface area contributed by atoms with Crippen LogP contribution in [0.1, 0.15) is 32.9 Å². The van der Waals surface area contributed by atoms with Crippen molar-refractivity contribution in [3.63, 3.8) is 0 Å². The van der Waals surface area contributed by atoms with Crippen LogP contribution in [0.2, 0.25) is 0 Å². The number of nitrogens with zero attached hydrogens (tertiary/aromatic N) is 4. The summed E-state index contributed by atoms with van der Waals surface area (Å²) in [6.45, 7) is 6.84. The van der Waals surface area contributed by atoms with Crippen molar-refractivity contribution in [1.29, 1.82) is 0 Å². The van der Waals surface area contributed by atoms with Crippen molar-refractivity contribution in [2.24, 2.45) is 5.73 Å². The van der Waals surface area contributed by atoms with Gasteiger partial charge in [-0.25, -0.2) is 14.8 Å². The SMILES string of the molecule is CC(C)(C)OC(=O)N1C[C@@H]2C[C@H]1CN2c1nc(CC(N)=O)c2ccccc2n1. The standard InChI is InChI=1S/C20H25N5O3/c1-20(2,3)28-19(27)25-11-12-8-13(25)10-24(12)18-22-15-7-5-4-6-14(15)16(23-18)9-17(21)26/h4-7,12-13H,8-11H2,1-3H3,(H2,21,26)/t12-,13-/m0/s1. The van der Waals surface area contributed by atoms with Gasteiger partial charge in [0.25, 0.3) is 0 Å². The number of anilines is 1. The summed E-state index contributed by atoms with van der Waals surface area (Å²) in [5.41, 5.74) is 6.33. The minimum absolute atomic E-state index is 0.0714. The largest absolute Gasteiger partial charge is 0.444 e. The van der Waals surface area contributed by atoms with Crippen LogP contribution in [0.15, 0.2) is 24.3 Å². The number of hydrogen-bond donors (Lipinski definition) is 1. The van der Waals surface area contributed by atoms with Gasteiger partial charge in [-0.3, -0.25) is 4.79 Å². The Labute approximate surface area is 163 Å². The molecule has 4 rings (SSSR count). The minimum Gasteiger partial charge on any atom is -0.444 e. The zero-order chi connectivity index (χ0) is 20.1. The molecule has 28 heavy (non-hydrogen) atoms. The van der Waals surface area contributed by atoms with Crippen LogP contribution in [0.25, 0.3) is 10.9 Å². The average Bonchev–Trinajstić information content (AvgIpc) is 3.20. The van der Waals surface area contributed by atoms with Gasteiger partial charge in [0, 0.05) is 18.5 Å². The predicted octanol–water partition coefficient (Wildman–Crippen LogP) is 1.86. The fraction of sp³-hybridized carbons (Fsp3) is 0.500. The fourth-order valence-electron chi connectivity index (χ4n) is 4.01. The zero-order valence-electron chi connectivity index (χ0n) is 16.4. The highest BCUT2D eigenvalue weighted by molar-refractivity contribution is 5.87. The topological polar surface area (TPSA) is 102 Å². The van der Waals surface area contributed by atoms with Crippen LogP contribution in [-0.2, 0) is 16.0 Å². The third-order valence-corrected chi connectivity index (χ3v) is 5.14. The number of aromatic nitrogens is 2. The lowest BCUT2D eigenvalue weighted by molar-refractivity contribution is -0.117. The summed E-state index contributed by atoms with van der Waals surface area (Å²) >= 11 is 0. The quantitative estimate of drug-likeness (QED) is 0.868. The Balaban J connectivity index is 1.58. The molecule has 0 unspecified atom stereocenters. The van der Waals surface area contributed by atoms with E-state index in [9.17, 15) is 9.59 Å². The van der Waals surface area contributed by atoms with Crippen LogP contribution < -0.4 is 10.6 Å². The molecule has 2 bridgehead atoms. The molecule has 0 spiro atoms. The maximum Gasteiger partial charge on any atom is 0.410 e. The number of ether oxygens (including phenoxy) is 1. The summed E-state index contributed by atoms with van der Waals surface area (Å²) < 4.78 is 5.52. The van der Waals surface area contributed by atoms with Crippen LogP contribution in [0.5, 0.6) is 0 Å². The Bertz CT molecular complexity index is 939. The van der Waals surface area contributed by atoms with E-state index in [4.69, 9.17) is 15.5 Å². The monoisotopic (exact) mass is 383 g/mol. The van der Waals surface area contributed by atoms with E-state index in [0.29, 0.717) is 24.7 Å². The Kier molecular flexibility index (Phi) is 4.36. The number of rotatable bonds is 3. The second kappa shape index (κ2) is 6.61. The van der Waals surface area contributed by atoms with Gasteiger partial charge in [-0.2, -0.15) is 0 Å². The van der Waals surface area contributed by atoms with E-state index >= 15 is 0 Å². The number of fused-ring (bicyclic) bond motifs is 3. The Morgan fingerprint density at radius 3 is 2.57 bits per heavy atom. The molecule has 2 atom stereocenters. The van der Waals surface area contributed by atoms with Crippen LogP contribution in [-0.4, -0.2) is 57.6 Å². The molecule has 1 aromatic carbocycles. The van der Waals surface area contributed by atoms with Crippen molar-refractivity contribution in [2.45, 2.75) is 51.3 Å². The number of carbonyl (C=O) groups is 2. The maximum atomic E-state index is 12.4. The lowest BCUT2D eigenvalue weighted by Gasteiger charge is -2.35. The Hall–Kier alpha value is -2.90. The number of carbonyl (C=O) groups excluding carboxylic acids is 2. The molecular formula is C20H25N5O3. The van der Waals surface area contributed by atoms with Crippen LogP contribution in [0.4, 0.5) is 10.7 Å². The molecule has 8 heteroatoms. The molecule has 0 radical (unpaired) electrons. The second-order valence-corrected chi connectivity index (χ2v) is 8.46. The lowest BCUT2D eigenvalue weighted by atomic mass is 10.1. The van der Waals surface area contributed by atoms with Crippen molar-refractivity contribution in [3.05, 3.63) is 30.0 Å². The first-order valence-corrected chi connectivity index (χ1v) is 9.51. The van der Waals surface area contributed by atoms with Gasteiger partial charge in [-0.15, -0.1) is 0 Å². The van der Waals surface area contributed by atoms with Gasteiger partial charge in [0.1, 0.15) is 5.60 Å². The van der Waals surface area contributed by atoms with E-state index in [0.717, 1.165) is 17.3 Å². The molecule has 8 nitrogen and oxygen atoms in total. The number of likely N-dealkylation sites (tertiary alicyclic amines) is 1. The second-order valence-electron chi connectivity index (χ2n) is 8.46. The van der Waals surface area contributed by atoms with Crippen molar-refractivity contribution >= 4 is 28.9 Å². The third kappa shape index (κ3) is 3.46. The number of primary amides is 1. The Morgan fingerprint density at radius 1 is 1.18 bits per heavy atom. The summed E-state index contributed by atoms with van der Waals surface area (Å²) in [6, 6.07) is 7.83. The van der Waals surface area contributed by atoms with Crippen molar-refractivity contribution < 1.29 is 14.3 Å². The molecule has 2 aliphatic heterocycles. The molecule has 2 fully saturated rings. The third-order valence-electron chi connectivity index (χ3n) is 5.14. The van der Waals surface area contributed by atoms with Gasteiger partial charge in [-0.05, 0) is 33.3 Å². The summed E-state index contributed by atoms with van der Waals surface area (Å²) in [4.78, 5) is 37.2. The molecule has 1 aromatic heterocycles. The van der Waals surface area contributed by atoms with Crippen molar-refractivity contribution in [2.75, 3.05) is 18.0 Å². The van der Waals surface area contributed by atoms with E-state index in [1.165, 1.54) is 0 Å². The molecule has 2 aliphatic rings. The first-order valence-electron chi connectivity index (χ1n) is 9.51. The highest BCUT2D eigenvalue weighted by atomic mass is 16.6. The van der Waals surface area contributed by atoms with Gasteiger partial charge in [-0.1, -0.05) is 18.2 Å². The van der Waals surface area contributed by atoms with E-state index in [1.54, 1.807) is 4.90 Å². The highest BCUT2D eigenvalue weighted by Gasteiger charge is 2.47. The number of piperazine rings is 1. The van der Waals surface area contributed by atoms with E-state index in [2.05, 4.69) is 9.88 Å². The predicted molar refractivity (Wildman–Crippen MR) is 105 cm³/mol. The van der Waals surface area contributed by atoms with Crippen molar-refractivity contribution in [3.8, 4) is 0 Å². The molecule has 2 amide bonds. The molecule has 0 saturated carbocycles. The maximum absolute atomic E-state index is 12.4. The first-order chi connectivity index (χ1) is 13.2. The molecule has 2 saturated heterocycles. The number of hydrogen-bond acceptors (Lipinski definition) is 6. The van der Waals surface area contributed by atoms with Gasteiger partial charge < -0.3 is 20.3 Å². The van der Waals surface area contributed by atoms with Crippen molar-refractivity contribution in [1.82, 2.24) is 14.9 Å². The molecule has 2 aromatic rings. The normalized spacial score (nSPS) is 21.4. The first kappa shape index (κ1) is 18.5. The van der Waals surface area contributed by atoms with Gasteiger partial charge in [0.15, 0.2) is 0 Å². The number of nitrogens with two attached hydrogens (primary N) is 1. The van der Waals surface area contributed by atoms with E-state index in [1.807, 2.05) is 45.0 Å². The number of amides is 2. The molecular weight excluding hydrogens is 358 g/mol. The minimum atomic E-state index is -0.510. The molecule has 148 valence electrons. The molecule has 0 aliphatic carbocycles. The molecule has 2 N–H and O–H groups in total. The fourth-order valence-corrected chi connectivity index (χ4v) is 4.01. The highest BCUT2D eigenvalue weighted by Crippen LogP contribution is 2.34. The number of para-hydroxylation sites is 1. The van der Waals surface area contributed by atoms with E-state index in [-0.39, 0.29) is 24.6 Å². The summed E-state index contributed by atoms with van der Waals surface area (Å²) in [5, 5.41) is 0.838. The van der Waals surface area contributed by atoms with Gasteiger partial charge in [0.05, 0.1) is 29.7 Å². The van der Waals surface area contributed by atoms with Crippen LogP contribution >= 0.6 is 0 Å². The van der Waals surface area contributed by atoms with Gasteiger partial charge >= 0.3 is 6.09 Å². The van der Waals surface area contributed by atoms with Crippen LogP contribution in [0.3, 0.4) is 0 Å². The zero-order valence-corrected chi connectivity index (χ0v) is 16.4. The summed E-state index contributed by atoms with van der Waals surface area (Å²) in [6.07, 6.45) is 0.663. The smallest absolute Gasteiger partial charge is 0.410 e. The van der Waals surface area contributed by atoms with Gasteiger partial charge in [0.2, 0.25) is 11.9 Å². The average molecular weight is 383 g/mol. The number of benzene rings is 1. The summed E-state index contributed by atoms with van der Waals surface area (Å²) in [7, 11) is 0. The molecule has 3 heterocycles.